The summed E-state index contributed by atoms with van der Waals surface area (Å²) in [4.78, 5) is 13.1. The minimum absolute atomic E-state index is 0.0966. The summed E-state index contributed by atoms with van der Waals surface area (Å²) in [5.74, 6) is 1.05. The lowest BCUT2D eigenvalue weighted by Gasteiger charge is -2.01. The zero-order valence-corrected chi connectivity index (χ0v) is 15.7. The van der Waals surface area contributed by atoms with Gasteiger partial charge >= 0.3 is 0 Å². The highest BCUT2D eigenvalue weighted by molar-refractivity contribution is 8.00. The molecule has 0 spiro atoms. The van der Waals surface area contributed by atoms with E-state index in [9.17, 15) is 4.79 Å². The average molecular weight is 383 g/mol. The summed E-state index contributed by atoms with van der Waals surface area (Å²) < 4.78 is 5.13. The van der Waals surface area contributed by atoms with Crippen molar-refractivity contribution < 1.29 is 9.53 Å². The first-order valence-electron chi connectivity index (χ1n) is 7.86. The van der Waals surface area contributed by atoms with Gasteiger partial charge in [-0.1, -0.05) is 47.7 Å². The topological polar surface area (TPSA) is 64.1 Å². The predicted octanol–water partition coefficient (Wildman–Crippen LogP) is 4.45. The van der Waals surface area contributed by atoms with Crippen LogP contribution in [-0.4, -0.2) is 29.0 Å². The Morgan fingerprint density at radius 1 is 1.12 bits per heavy atom. The van der Waals surface area contributed by atoms with Gasteiger partial charge in [0.25, 0.3) is 0 Å². The number of carbonyl (C=O) groups excluding carboxylic acids is 1. The second kappa shape index (κ2) is 9.17. The lowest BCUT2D eigenvalue weighted by Crippen LogP contribution is -2.13. The molecule has 0 radical (unpaired) electrons. The number of amides is 1. The van der Waals surface area contributed by atoms with Crippen molar-refractivity contribution in [2.45, 2.75) is 4.90 Å². The summed E-state index contributed by atoms with van der Waals surface area (Å²) in [6.07, 6.45) is 3.81. The number of anilines is 1. The first-order chi connectivity index (χ1) is 12.7. The van der Waals surface area contributed by atoms with E-state index in [4.69, 9.17) is 4.74 Å². The van der Waals surface area contributed by atoms with Gasteiger partial charge in [0.1, 0.15) is 10.8 Å². The number of thioether (sulfide) groups is 1. The highest BCUT2D eigenvalue weighted by Crippen LogP contribution is 2.20. The molecule has 0 atom stereocenters. The van der Waals surface area contributed by atoms with Crippen molar-refractivity contribution in [3.8, 4) is 5.75 Å². The summed E-state index contributed by atoms with van der Waals surface area (Å²) in [6.45, 7) is 0. The Bertz CT molecular complexity index is 877. The SMILES string of the molecule is COc1ccc(/C=C/c2nnc(NC(=O)CSc3ccccc3)s2)cc1. The van der Waals surface area contributed by atoms with E-state index in [0.717, 1.165) is 21.2 Å². The number of methoxy groups -OCH3 is 1. The molecule has 5 nitrogen and oxygen atoms in total. The van der Waals surface area contributed by atoms with E-state index in [2.05, 4.69) is 15.5 Å². The maximum atomic E-state index is 12.0. The Hall–Kier alpha value is -2.64. The van der Waals surface area contributed by atoms with Crippen LogP contribution in [0.1, 0.15) is 10.6 Å². The summed E-state index contributed by atoms with van der Waals surface area (Å²) in [5, 5.41) is 12.1. The van der Waals surface area contributed by atoms with Crippen LogP contribution in [0.15, 0.2) is 59.5 Å². The quantitative estimate of drug-likeness (QED) is 0.611. The molecule has 0 aliphatic heterocycles. The molecule has 1 N–H and O–H groups in total. The maximum Gasteiger partial charge on any atom is 0.236 e. The summed E-state index contributed by atoms with van der Waals surface area (Å²) in [7, 11) is 1.64. The Balaban J connectivity index is 1.52. The van der Waals surface area contributed by atoms with Gasteiger partial charge in [0, 0.05) is 4.90 Å². The molecule has 0 aliphatic carbocycles. The van der Waals surface area contributed by atoms with Crippen LogP contribution in [0.2, 0.25) is 0 Å². The molecule has 0 aliphatic rings. The zero-order valence-electron chi connectivity index (χ0n) is 14.1. The smallest absolute Gasteiger partial charge is 0.236 e. The van der Waals surface area contributed by atoms with E-state index in [1.54, 1.807) is 7.11 Å². The standard InChI is InChI=1S/C19H17N3O2S2/c1-24-15-10-7-14(8-11-15)9-12-18-21-22-19(26-18)20-17(23)13-25-16-5-3-2-4-6-16/h2-12H,13H2,1H3,(H,20,22,23)/b12-9+. The zero-order chi connectivity index (χ0) is 18.2. The number of benzene rings is 2. The Kier molecular flexibility index (Phi) is 6.40. The third-order valence-electron chi connectivity index (χ3n) is 3.33. The van der Waals surface area contributed by atoms with Crippen LogP contribution in [-0.2, 0) is 4.79 Å². The molecule has 26 heavy (non-hydrogen) atoms. The lowest BCUT2D eigenvalue weighted by molar-refractivity contribution is -0.113. The lowest BCUT2D eigenvalue weighted by atomic mass is 10.2. The van der Waals surface area contributed by atoms with Crippen molar-refractivity contribution in [3.05, 3.63) is 65.2 Å². The largest absolute Gasteiger partial charge is 0.497 e. The van der Waals surface area contributed by atoms with Crippen molar-refractivity contribution in [1.82, 2.24) is 10.2 Å². The summed E-state index contributed by atoms with van der Waals surface area (Å²) >= 11 is 2.82. The third-order valence-corrected chi connectivity index (χ3v) is 5.15. The molecule has 2 aromatic carbocycles. The summed E-state index contributed by atoms with van der Waals surface area (Å²) in [6, 6.07) is 17.5. The second-order valence-electron chi connectivity index (χ2n) is 5.20. The van der Waals surface area contributed by atoms with Gasteiger partial charge in [0.2, 0.25) is 11.0 Å². The molecule has 1 heterocycles. The molecule has 7 heteroatoms. The van der Waals surface area contributed by atoms with Crippen LogP contribution < -0.4 is 10.1 Å². The number of rotatable bonds is 7. The highest BCUT2D eigenvalue weighted by Gasteiger charge is 2.07. The number of ether oxygens (including phenoxy) is 1. The molecule has 3 rings (SSSR count). The number of aromatic nitrogens is 2. The number of nitrogens with one attached hydrogen (secondary N) is 1. The fraction of sp³-hybridized carbons (Fsp3) is 0.105. The molecule has 1 amide bonds. The van der Waals surface area contributed by atoms with E-state index in [1.807, 2.05) is 66.7 Å². The molecule has 3 aromatic rings. The van der Waals surface area contributed by atoms with Crippen molar-refractivity contribution >= 4 is 46.3 Å². The molecule has 1 aromatic heterocycles. The van der Waals surface area contributed by atoms with Crippen LogP contribution in [0, 0.1) is 0 Å². The van der Waals surface area contributed by atoms with Crippen LogP contribution in [0.3, 0.4) is 0 Å². The first kappa shape index (κ1) is 18.2. The molecule has 132 valence electrons. The molecule has 0 fully saturated rings. The second-order valence-corrected chi connectivity index (χ2v) is 7.26. The molecular formula is C19H17N3O2S2. The van der Waals surface area contributed by atoms with Crippen molar-refractivity contribution in [1.29, 1.82) is 0 Å². The maximum absolute atomic E-state index is 12.0. The van der Waals surface area contributed by atoms with Crippen LogP contribution >= 0.6 is 23.1 Å². The van der Waals surface area contributed by atoms with Gasteiger partial charge < -0.3 is 4.74 Å². The van der Waals surface area contributed by atoms with E-state index in [1.165, 1.54) is 23.1 Å². The predicted molar refractivity (Wildman–Crippen MR) is 108 cm³/mol. The first-order valence-corrected chi connectivity index (χ1v) is 9.66. The molecule has 0 saturated heterocycles. The molecular weight excluding hydrogens is 366 g/mol. The fourth-order valence-electron chi connectivity index (χ4n) is 2.06. The van der Waals surface area contributed by atoms with Gasteiger partial charge in [0.15, 0.2) is 0 Å². The average Bonchev–Trinajstić information content (AvgIpc) is 3.13. The van der Waals surface area contributed by atoms with Gasteiger partial charge in [0.05, 0.1) is 12.9 Å². The normalized spacial score (nSPS) is 10.8. The minimum Gasteiger partial charge on any atom is -0.497 e. The van der Waals surface area contributed by atoms with Crippen LogP contribution in [0.25, 0.3) is 12.2 Å². The van der Waals surface area contributed by atoms with Gasteiger partial charge in [-0.2, -0.15) is 0 Å². The van der Waals surface area contributed by atoms with Crippen LogP contribution in [0.4, 0.5) is 5.13 Å². The fourth-order valence-corrected chi connectivity index (χ4v) is 3.44. The molecule has 0 saturated carbocycles. The monoisotopic (exact) mass is 383 g/mol. The minimum atomic E-state index is -0.0966. The Labute approximate surface area is 160 Å². The van der Waals surface area contributed by atoms with Gasteiger partial charge in [-0.15, -0.1) is 22.0 Å². The Morgan fingerprint density at radius 3 is 2.62 bits per heavy atom. The van der Waals surface area contributed by atoms with E-state index < -0.39 is 0 Å². The van der Waals surface area contributed by atoms with Crippen molar-refractivity contribution in [3.63, 3.8) is 0 Å². The van der Waals surface area contributed by atoms with E-state index >= 15 is 0 Å². The van der Waals surface area contributed by atoms with Gasteiger partial charge in [-0.05, 0) is 35.9 Å². The van der Waals surface area contributed by atoms with E-state index in [0.29, 0.717) is 10.9 Å². The highest BCUT2D eigenvalue weighted by atomic mass is 32.2. The number of nitrogens with zero attached hydrogens (tertiary/aromatic N) is 2. The number of hydrogen-bond acceptors (Lipinski definition) is 6. The third kappa shape index (κ3) is 5.44. The van der Waals surface area contributed by atoms with Crippen LogP contribution in [0.5, 0.6) is 5.75 Å². The summed E-state index contributed by atoms with van der Waals surface area (Å²) in [5.41, 5.74) is 1.03. The number of carbonyl (C=O) groups is 1. The molecule has 0 unspecified atom stereocenters. The number of hydrogen-bond donors (Lipinski definition) is 1. The van der Waals surface area contributed by atoms with Gasteiger partial charge in [-0.25, -0.2) is 0 Å². The van der Waals surface area contributed by atoms with Crippen molar-refractivity contribution in [2.75, 3.05) is 18.2 Å². The van der Waals surface area contributed by atoms with E-state index in [-0.39, 0.29) is 5.91 Å². The Morgan fingerprint density at radius 2 is 1.88 bits per heavy atom. The van der Waals surface area contributed by atoms with Crippen molar-refractivity contribution in [2.24, 2.45) is 0 Å². The molecule has 0 bridgehead atoms. The van der Waals surface area contributed by atoms with Gasteiger partial charge in [-0.3, -0.25) is 10.1 Å².